The smallest absolute Gasteiger partial charge is 0.306 e. The van der Waals surface area contributed by atoms with Crippen LogP contribution >= 0.6 is 23.4 Å². The molecular weight excluding hydrogens is 426 g/mol. The van der Waals surface area contributed by atoms with Crippen molar-refractivity contribution in [2.45, 2.75) is 69.9 Å². The Morgan fingerprint density at radius 2 is 1.65 bits per heavy atom. The third kappa shape index (κ3) is 4.96. The summed E-state index contributed by atoms with van der Waals surface area (Å²) in [6, 6.07) is 14.4. The van der Waals surface area contributed by atoms with Gasteiger partial charge in [-0.3, -0.25) is 4.79 Å². The molecule has 3 rings (SSSR count). The first-order chi connectivity index (χ1) is 14.4. The van der Waals surface area contributed by atoms with E-state index in [-0.39, 0.29) is 10.7 Å². The zero-order valence-electron chi connectivity index (χ0n) is 19.4. The number of aliphatic carboxylic acids is 1. The zero-order valence-corrected chi connectivity index (χ0v) is 20.9. The van der Waals surface area contributed by atoms with Crippen LogP contribution in [0.15, 0.2) is 47.4 Å². The molecule has 0 aliphatic heterocycles. The third-order valence-electron chi connectivity index (χ3n) is 5.71. The fourth-order valence-electron chi connectivity index (χ4n) is 3.80. The van der Waals surface area contributed by atoms with Gasteiger partial charge < -0.3 is 9.67 Å². The number of aromatic nitrogens is 1. The minimum atomic E-state index is -0.782. The lowest BCUT2D eigenvalue weighted by atomic mass is 9.92. The second-order valence-electron chi connectivity index (χ2n) is 9.59. The maximum atomic E-state index is 11.9. The first kappa shape index (κ1) is 23.7. The number of hydrogen-bond donors (Lipinski definition) is 1. The highest BCUT2D eigenvalue weighted by atomic mass is 35.5. The van der Waals surface area contributed by atoms with E-state index >= 15 is 0 Å². The van der Waals surface area contributed by atoms with Crippen LogP contribution in [0.3, 0.4) is 0 Å². The quantitative estimate of drug-likeness (QED) is 0.380. The van der Waals surface area contributed by atoms with Gasteiger partial charge in [-0.25, -0.2) is 0 Å². The van der Waals surface area contributed by atoms with E-state index in [0.717, 1.165) is 16.9 Å². The van der Waals surface area contributed by atoms with Crippen LogP contribution in [0.1, 0.15) is 71.6 Å². The topological polar surface area (TPSA) is 42.2 Å². The van der Waals surface area contributed by atoms with Crippen molar-refractivity contribution < 1.29 is 9.90 Å². The van der Waals surface area contributed by atoms with Gasteiger partial charge in [0.05, 0.1) is 11.4 Å². The summed E-state index contributed by atoms with van der Waals surface area (Å²) in [7, 11) is 0. The van der Waals surface area contributed by atoms with Gasteiger partial charge in [0.25, 0.3) is 0 Å². The van der Waals surface area contributed by atoms with Crippen LogP contribution in [0.25, 0.3) is 16.6 Å². The molecule has 1 aromatic heterocycles. The second-order valence-corrected chi connectivity index (χ2v) is 11.9. The van der Waals surface area contributed by atoms with E-state index in [4.69, 9.17) is 11.6 Å². The molecule has 166 valence electrons. The van der Waals surface area contributed by atoms with Crippen molar-refractivity contribution in [3.63, 3.8) is 0 Å². The Labute approximate surface area is 194 Å². The number of nitrogens with zero attached hydrogens (tertiary/aromatic N) is 1. The molecule has 2 atom stereocenters. The molecule has 3 nitrogen and oxygen atoms in total. The summed E-state index contributed by atoms with van der Waals surface area (Å²) in [5, 5.41) is 11.7. The minimum absolute atomic E-state index is 0.0200. The van der Waals surface area contributed by atoms with E-state index < -0.39 is 11.9 Å². The van der Waals surface area contributed by atoms with Crippen molar-refractivity contribution in [3.8, 4) is 5.69 Å². The summed E-state index contributed by atoms with van der Waals surface area (Å²) in [5.41, 5.74) is 4.42. The number of hydrogen-bond acceptors (Lipinski definition) is 2. The van der Waals surface area contributed by atoms with Gasteiger partial charge in [-0.15, -0.1) is 11.8 Å². The van der Waals surface area contributed by atoms with Gasteiger partial charge >= 0.3 is 5.97 Å². The fraction of sp³-hybridized carbons (Fsp3) is 0.423. The first-order valence-corrected chi connectivity index (χ1v) is 12.0. The maximum Gasteiger partial charge on any atom is 0.306 e. The summed E-state index contributed by atoms with van der Waals surface area (Å²) in [5.74, 6) is -1.06. The zero-order chi connectivity index (χ0) is 23.1. The highest BCUT2D eigenvalue weighted by Gasteiger charge is 2.31. The Morgan fingerprint density at radius 1 is 1.03 bits per heavy atom. The Balaban J connectivity index is 2.43. The summed E-state index contributed by atoms with van der Waals surface area (Å²) in [4.78, 5) is 13.1. The Bertz CT molecular complexity index is 1090. The lowest BCUT2D eigenvalue weighted by Gasteiger charge is -2.24. The average molecular weight is 458 g/mol. The second kappa shape index (κ2) is 8.91. The number of halogens is 1. The van der Waals surface area contributed by atoms with E-state index in [1.54, 1.807) is 6.92 Å². The van der Waals surface area contributed by atoms with Crippen molar-refractivity contribution in [1.82, 2.24) is 4.57 Å². The molecular formula is C26H32ClNO2S. The van der Waals surface area contributed by atoms with E-state index in [1.807, 2.05) is 43.0 Å². The Hall–Kier alpha value is -1.91. The molecule has 2 unspecified atom stereocenters. The average Bonchev–Trinajstić information content (AvgIpc) is 2.99. The Morgan fingerprint density at radius 3 is 2.16 bits per heavy atom. The van der Waals surface area contributed by atoms with Crippen LogP contribution in [-0.4, -0.2) is 20.4 Å². The number of benzene rings is 2. The number of carbonyl (C=O) groups is 1. The van der Waals surface area contributed by atoms with E-state index in [2.05, 4.69) is 57.4 Å². The summed E-state index contributed by atoms with van der Waals surface area (Å²) >= 11 is 7.98. The summed E-state index contributed by atoms with van der Waals surface area (Å²) in [6.45, 7) is 14.8. The van der Waals surface area contributed by atoms with Crippen LogP contribution in [0.2, 0.25) is 5.02 Å². The largest absolute Gasteiger partial charge is 0.481 e. The van der Waals surface area contributed by atoms with E-state index in [9.17, 15) is 9.90 Å². The highest BCUT2D eigenvalue weighted by molar-refractivity contribution is 8.00. The molecule has 0 aliphatic carbocycles. The van der Waals surface area contributed by atoms with Gasteiger partial charge in [-0.1, -0.05) is 66.1 Å². The minimum Gasteiger partial charge on any atom is -0.481 e. The standard InChI is InChI=1S/C26H32ClNO2S/c1-15(2)18-8-13-22-21(14-18)24(31-26(5,6)7)23(16(3)17(4)25(29)30)28(22)20-11-9-19(27)10-12-20/h8-17H,1-7H3,(H,29,30). The van der Waals surface area contributed by atoms with Crippen molar-refractivity contribution in [2.75, 3.05) is 0 Å². The molecule has 5 heteroatoms. The number of carboxylic acids is 1. The SMILES string of the molecule is CC(C)c1ccc2c(c1)c(SC(C)(C)C)c(C(C)C(C)C(=O)O)n2-c1ccc(Cl)cc1. The molecule has 3 aromatic rings. The van der Waals surface area contributed by atoms with Gasteiger partial charge in [0, 0.05) is 37.4 Å². The van der Waals surface area contributed by atoms with Gasteiger partial charge in [0.1, 0.15) is 0 Å². The van der Waals surface area contributed by atoms with Crippen LogP contribution in [0.4, 0.5) is 0 Å². The van der Waals surface area contributed by atoms with E-state index in [1.165, 1.54) is 15.8 Å². The highest BCUT2D eigenvalue weighted by Crippen LogP contribution is 2.46. The van der Waals surface area contributed by atoms with Gasteiger partial charge in [0.15, 0.2) is 0 Å². The van der Waals surface area contributed by atoms with Crippen LogP contribution < -0.4 is 0 Å². The van der Waals surface area contributed by atoms with Crippen LogP contribution in [0.5, 0.6) is 0 Å². The van der Waals surface area contributed by atoms with Gasteiger partial charge in [-0.05, 0) is 47.9 Å². The molecule has 1 N–H and O–H groups in total. The number of thioether (sulfide) groups is 1. The molecule has 1 heterocycles. The third-order valence-corrected chi connectivity index (χ3v) is 7.21. The monoisotopic (exact) mass is 457 g/mol. The number of rotatable bonds is 6. The van der Waals surface area contributed by atoms with Crippen molar-refractivity contribution in [2.24, 2.45) is 5.92 Å². The summed E-state index contributed by atoms with van der Waals surface area (Å²) < 4.78 is 2.21. The van der Waals surface area contributed by atoms with Crippen LogP contribution in [-0.2, 0) is 4.79 Å². The molecule has 31 heavy (non-hydrogen) atoms. The number of carboxylic acid groups (broad SMARTS) is 1. The van der Waals surface area contributed by atoms with Gasteiger partial charge in [-0.2, -0.15) is 0 Å². The van der Waals surface area contributed by atoms with Crippen molar-refractivity contribution >= 4 is 40.2 Å². The normalized spacial score (nSPS) is 14.2. The van der Waals surface area contributed by atoms with Crippen LogP contribution in [0, 0.1) is 5.92 Å². The van der Waals surface area contributed by atoms with Gasteiger partial charge in [0.2, 0.25) is 0 Å². The van der Waals surface area contributed by atoms with Crippen molar-refractivity contribution in [3.05, 3.63) is 58.7 Å². The molecule has 0 spiro atoms. The fourth-order valence-corrected chi connectivity index (χ4v) is 5.20. The molecule has 0 aliphatic rings. The molecule has 0 radical (unpaired) electrons. The predicted octanol–water partition coefficient (Wildman–Crippen LogP) is 8.12. The Kier molecular flexibility index (Phi) is 6.83. The van der Waals surface area contributed by atoms with Crippen molar-refractivity contribution in [1.29, 1.82) is 0 Å². The lowest BCUT2D eigenvalue weighted by molar-refractivity contribution is -0.141. The molecule has 2 aromatic carbocycles. The molecule has 0 saturated heterocycles. The maximum absolute atomic E-state index is 11.9. The summed E-state index contributed by atoms with van der Waals surface area (Å²) in [6.07, 6.45) is 0. The molecule has 0 fully saturated rings. The van der Waals surface area contributed by atoms with E-state index in [0.29, 0.717) is 10.9 Å². The predicted molar refractivity (Wildman–Crippen MR) is 133 cm³/mol. The number of fused-ring (bicyclic) bond motifs is 1. The lowest BCUT2D eigenvalue weighted by Crippen LogP contribution is -2.20. The molecule has 0 bridgehead atoms. The molecule has 0 saturated carbocycles. The first-order valence-electron chi connectivity index (χ1n) is 10.8. The molecule has 0 amide bonds.